The van der Waals surface area contributed by atoms with Crippen molar-refractivity contribution in [3.8, 4) is 0 Å². The van der Waals surface area contributed by atoms with Crippen molar-refractivity contribution >= 4 is 23.0 Å². The molecule has 4 heteroatoms. The Labute approximate surface area is 107 Å². The van der Waals surface area contributed by atoms with Gasteiger partial charge >= 0.3 is 0 Å². The second kappa shape index (κ2) is 8.73. The van der Waals surface area contributed by atoms with E-state index in [-0.39, 0.29) is 0 Å². The number of rotatable bonds is 7. The minimum atomic E-state index is 0.793. The highest BCUT2D eigenvalue weighted by atomic mass is 127. The lowest BCUT2D eigenvalue weighted by Gasteiger charge is -2.29. The van der Waals surface area contributed by atoms with Crippen LogP contribution in [0.1, 0.15) is 26.2 Å². The first-order valence-corrected chi connectivity index (χ1v) is 6.74. The van der Waals surface area contributed by atoms with E-state index in [1.165, 1.54) is 25.9 Å². The van der Waals surface area contributed by atoms with E-state index in [0.717, 1.165) is 38.7 Å². The van der Waals surface area contributed by atoms with Crippen LogP contribution in [-0.2, 0) is 7.80 Å². The maximum atomic E-state index is 5.54. The molecule has 0 aromatic carbocycles. The van der Waals surface area contributed by atoms with Crippen LogP contribution in [0.2, 0.25) is 0 Å². The van der Waals surface area contributed by atoms with Crippen molar-refractivity contribution in [2.45, 2.75) is 26.2 Å². The molecular weight excluding hydrogens is 305 g/mol. The molecule has 1 saturated heterocycles. The first-order chi connectivity index (χ1) is 7.33. The van der Waals surface area contributed by atoms with Crippen molar-refractivity contribution in [1.29, 1.82) is 0 Å². The molecule has 0 unspecified atom stereocenters. The molecular formula is C11H22INO2. The van der Waals surface area contributed by atoms with E-state index < -0.39 is 0 Å². The van der Waals surface area contributed by atoms with Gasteiger partial charge in [-0.05, 0) is 38.3 Å². The van der Waals surface area contributed by atoms with Crippen LogP contribution in [-0.4, -0.2) is 44.4 Å². The summed E-state index contributed by atoms with van der Waals surface area (Å²) in [6.45, 7) is 8.43. The Balaban J connectivity index is 1.87. The van der Waals surface area contributed by atoms with Crippen LogP contribution in [0.15, 0.2) is 0 Å². The first-order valence-electron chi connectivity index (χ1n) is 5.86. The van der Waals surface area contributed by atoms with Gasteiger partial charge in [0.2, 0.25) is 0 Å². The average molecular weight is 327 g/mol. The number of hydrogen-bond donors (Lipinski definition) is 0. The molecule has 1 aliphatic rings. The molecule has 1 fully saturated rings. The maximum absolute atomic E-state index is 5.54. The molecule has 0 atom stereocenters. The summed E-state index contributed by atoms with van der Waals surface area (Å²) in [6.07, 6.45) is 3.70. The lowest BCUT2D eigenvalue weighted by molar-refractivity contribution is 0.0849. The highest BCUT2D eigenvalue weighted by molar-refractivity contribution is 14.1. The number of halogens is 1. The molecule has 1 heterocycles. The SMILES string of the molecule is CC1CCN(CCOCCCOI)CC1. The van der Waals surface area contributed by atoms with Crippen molar-refractivity contribution in [2.24, 2.45) is 5.92 Å². The quantitative estimate of drug-likeness (QED) is 0.530. The van der Waals surface area contributed by atoms with Crippen LogP contribution in [0, 0.1) is 5.92 Å². The van der Waals surface area contributed by atoms with E-state index in [4.69, 9.17) is 7.80 Å². The van der Waals surface area contributed by atoms with Gasteiger partial charge in [-0.15, -0.1) is 0 Å². The fourth-order valence-corrected chi connectivity index (χ4v) is 2.11. The van der Waals surface area contributed by atoms with E-state index in [9.17, 15) is 0 Å². The number of ether oxygens (including phenoxy) is 1. The summed E-state index contributed by atoms with van der Waals surface area (Å²) in [5.41, 5.74) is 0. The molecule has 0 amide bonds. The van der Waals surface area contributed by atoms with Gasteiger partial charge in [-0.2, -0.15) is 0 Å². The summed E-state index contributed by atoms with van der Waals surface area (Å²) in [5.74, 6) is 0.919. The molecule has 0 aromatic rings. The van der Waals surface area contributed by atoms with Crippen LogP contribution >= 0.6 is 23.0 Å². The first kappa shape index (κ1) is 13.7. The van der Waals surface area contributed by atoms with Gasteiger partial charge in [0, 0.05) is 13.2 Å². The van der Waals surface area contributed by atoms with Gasteiger partial charge in [-0.1, -0.05) is 6.92 Å². The van der Waals surface area contributed by atoms with Crippen molar-refractivity contribution in [2.75, 3.05) is 39.5 Å². The summed E-state index contributed by atoms with van der Waals surface area (Å²) < 4.78 is 10.5. The fourth-order valence-electron chi connectivity index (χ4n) is 1.80. The standard InChI is InChI=1S/C11H22INO2/c1-11-3-5-13(6-4-11)7-10-14-8-2-9-15-12/h11H,2-10H2,1H3. The Morgan fingerprint density at radius 3 is 2.60 bits per heavy atom. The smallest absolute Gasteiger partial charge is 0.109 e. The molecule has 0 aromatic heterocycles. The predicted molar refractivity (Wildman–Crippen MR) is 70.2 cm³/mol. The highest BCUT2D eigenvalue weighted by Gasteiger charge is 2.14. The molecule has 0 saturated carbocycles. The zero-order valence-corrected chi connectivity index (χ0v) is 11.7. The summed E-state index contributed by atoms with van der Waals surface area (Å²) in [7, 11) is 0. The van der Waals surface area contributed by atoms with Crippen LogP contribution in [0.3, 0.4) is 0 Å². The number of piperidine rings is 1. The third kappa shape index (κ3) is 6.71. The van der Waals surface area contributed by atoms with Gasteiger partial charge in [0.1, 0.15) is 23.0 Å². The Morgan fingerprint density at radius 2 is 1.93 bits per heavy atom. The average Bonchev–Trinajstić information content (AvgIpc) is 2.26. The normalized spacial score (nSPS) is 19.6. The minimum Gasteiger partial charge on any atom is -0.380 e. The lowest BCUT2D eigenvalue weighted by atomic mass is 9.99. The fraction of sp³-hybridized carbons (Fsp3) is 1.00. The van der Waals surface area contributed by atoms with Gasteiger partial charge < -0.3 is 12.7 Å². The van der Waals surface area contributed by atoms with Crippen molar-refractivity contribution in [3.05, 3.63) is 0 Å². The minimum absolute atomic E-state index is 0.793. The lowest BCUT2D eigenvalue weighted by Crippen LogP contribution is -2.35. The van der Waals surface area contributed by atoms with Crippen molar-refractivity contribution in [1.82, 2.24) is 4.90 Å². The third-order valence-electron chi connectivity index (χ3n) is 2.94. The van der Waals surface area contributed by atoms with Gasteiger partial charge in [0.15, 0.2) is 0 Å². The van der Waals surface area contributed by atoms with Crippen LogP contribution < -0.4 is 0 Å². The Morgan fingerprint density at radius 1 is 1.20 bits per heavy atom. The Bertz CT molecular complexity index is 150. The summed E-state index contributed by atoms with van der Waals surface area (Å²) in [6, 6.07) is 0. The zero-order chi connectivity index (χ0) is 10.9. The molecule has 1 rings (SSSR count). The molecule has 0 N–H and O–H groups in total. The maximum Gasteiger partial charge on any atom is 0.109 e. The largest absolute Gasteiger partial charge is 0.380 e. The van der Waals surface area contributed by atoms with E-state index in [1.807, 2.05) is 23.0 Å². The Kier molecular flexibility index (Phi) is 7.96. The van der Waals surface area contributed by atoms with Gasteiger partial charge in [0.25, 0.3) is 0 Å². The second-order valence-corrected chi connectivity index (χ2v) is 4.93. The van der Waals surface area contributed by atoms with E-state index in [2.05, 4.69) is 11.8 Å². The van der Waals surface area contributed by atoms with Crippen LogP contribution in [0.25, 0.3) is 0 Å². The topological polar surface area (TPSA) is 21.7 Å². The molecule has 1 aliphatic heterocycles. The summed E-state index contributed by atoms with van der Waals surface area (Å²) in [4.78, 5) is 2.51. The molecule has 90 valence electrons. The Hall–Kier alpha value is 0.610. The van der Waals surface area contributed by atoms with Gasteiger partial charge in [-0.3, -0.25) is 0 Å². The van der Waals surface area contributed by atoms with Gasteiger partial charge in [-0.25, -0.2) is 0 Å². The van der Waals surface area contributed by atoms with E-state index in [1.54, 1.807) is 0 Å². The summed E-state index contributed by atoms with van der Waals surface area (Å²) >= 11 is 1.92. The third-order valence-corrected chi connectivity index (χ3v) is 3.38. The molecule has 3 nitrogen and oxygen atoms in total. The molecule has 15 heavy (non-hydrogen) atoms. The van der Waals surface area contributed by atoms with E-state index >= 15 is 0 Å². The highest BCUT2D eigenvalue weighted by Crippen LogP contribution is 2.15. The summed E-state index contributed by atoms with van der Waals surface area (Å²) in [5, 5.41) is 0. The number of nitrogens with zero attached hydrogens (tertiary/aromatic N) is 1. The molecule has 0 radical (unpaired) electrons. The molecule has 0 aliphatic carbocycles. The predicted octanol–water partition coefficient (Wildman–Crippen LogP) is 2.49. The number of hydrogen-bond acceptors (Lipinski definition) is 3. The monoisotopic (exact) mass is 327 g/mol. The number of likely N-dealkylation sites (tertiary alicyclic amines) is 1. The molecule has 0 bridgehead atoms. The van der Waals surface area contributed by atoms with Crippen molar-refractivity contribution < 1.29 is 7.80 Å². The van der Waals surface area contributed by atoms with Crippen LogP contribution in [0.5, 0.6) is 0 Å². The molecule has 0 spiro atoms. The van der Waals surface area contributed by atoms with Crippen molar-refractivity contribution in [3.63, 3.8) is 0 Å². The van der Waals surface area contributed by atoms with E-state index in [0.29, 0.717) is 0 Å². The second-order valence-electron chi connectivity index (χ2n) is 4.30. The van der Waals surface area contributed by atoms with Gasteiger partial charge in [0.05, 0.1) is 13.2 Å². The zero-order valence-electron chi connectivity index (χ0n) is 9.58. The van der Waals surface area contributed by atoms with Crippen LogP contribution in [0.4, 0.5) is 0 Å².